The molecule has 2 N–H and O–H groups in total. The Balaban J connectivity index is 2.24. The second-order valence-electron chi connectivity index (χ2n) is 4.90. The van der Waals surface area contributed by atoms with Crippen LogP contribution in [0.25, 0.3) is 16.8 Å². The Morgan fingerprint density at radius 1 is 1.30 bits per heavy atom. The minimum absolute atomic E-state index is 0.0396. The molecule has 3 rings (SSSR count). The van der Waals surface area contributed by atoms with Crippen LogP contribution in [0.3, 0.4) is 0 Å². The summed E-state index contributed by atoms with van der Waals surface area (Å²) in [6, 6.07) is 4.28. The number of esters is 1. The number of carbonyl (C=O) groups is 1. The van der Waals surface area contributed by atoms with Crippen molar-refractivity contribution in [1.29, 1.82) is 0 Å². The number of halogens is 2. The van der Waals surface area contributed by atoms with Gasteiger partial charge in [0.1, 0.15) is 0 Å². The number of carbonyl (C=O) groups excluding carboxylic acids is 1. The van der Waals surface area contributed by atoms with Gasteiger partial charge in [-0.1, -0.05) is 0 Å². The van der Waals surface area contributed by atoms with E-state index in [1.54, 1.807) is 0 Å². The predicted octanol–water partition coefficient (Wildman–Crippen LogP) is 2.35. The van der Waals surface area contributed by atoms with Crippen LogP contribution in [0.4, 0.5) is 14.7 Å². The third-order valence-electron chi connectivity index (χ3n) is 3.52. The second-order valence-corrected chi connectivity index (χ2v) is 4.90. The first-order chi connectivity index (χ1) is 10.9. The predicted molar refractivity (Wildman–Crippen MR) is 78.8 cm³/mol. The maximum atomic E-state index is 14.3. The molecular weight excluding hydrogens is 306 g/mol. The van der Waals surface area contributed by atoms with Gasteiger partial charge < -0.3 is 10.5 Å². The molecule has 8 heteroatoms. The van der Waals surface area contributed by atoms with Gasteiger partial charge in [-0.25, -0.2) is 18.1 Å². The van der Waals surface area contributed by atoms with Crippen molar-refractivity contribution in [3.63, 3.8) is 0 Å². The van der Waals surface area contributed by atoms with Gasteiger partial charge in [0, 0.05) is 17.3 Å². The Kier molecular flexibility index (Phi) is 3.44. The lowest BCUT2D eigenvalue weighted by Crippen LogP contribution is -2.08. The molecule has 118 valence electrons. The van der Waals surface area contributed by atoms with Crippen LogP contribution < -0.4 is 5.73 Å². The molecule has 0 spiro atoms. The van der Waals surface area contributed by atoms with Crippen LogP contribution in [0.5, 0.6) is 0 Å². The first-order valence-corrected chi connectivity index (χ1v) is 6.61. The van der Waals surface area contributed by atoms with E-state index < -0.39 is 17.6 Å². The smallest absolute Gasteiger partial charge is 0.338 e. The van der Waals surface area contributed by atoms with Crippen molar-refractivity contribution in [2.75, 3.05) is 12.8 Å². The highest BCUT2D eigenvalue weighted by atomic mass is 19.2. The normalized spacial score (nSPS) is 11.0. The summed E-state index contributed by atoms with van der Waals surface area (Å²) in [5.74, 6) is -2.82. The van der Waals surface area contributed by atoms with E-state index in [2.05, 4.69) is 14.8 Å². The SMILES string of the molecule is COC(=O)c1cc(-c2ccn3nc(N)nc3c2)c(F)c(F)c1C. The minimum Gasteiger partial charge on any atom is -0.465 e. The molecule has 0 unspecified atom stereocenters. The highest BCUT2D eigenvalue weighted by molar-refractivity contribution is 5.93. The molecule has 0 atom stereocenters. The minimum atomic E-state index is -1.09. The quantitative estimate of drug-likeness (QED) is 0.733. The molecule has 3 aromatic rings. The fourth-order valence-electron chi connectivity index (χ4n) is 2.32. The van der Waals surface area contributed by atoms with E-state index in [-0.39, 0.29) is 22.6 Å². The number of rotatable bonds is 2. The summed E-state index contributed by atoms with van der Waals surface area (Å²) in [6.45, 7) is 1.32. The number of ether oxygens (including phenoxy) is 1. The van der Waals surface area contributed by atoms with Gasteiger partial charge in [-0.2, -0.15) is 4.98 Å². The first kappa shape index (κ1) is 14.9. The number of pyridine rings is 1. The van der Waals surface area contributed by atoms with E-state index in [4.69, 9.17) is 5.73 Å². The highest BCUT2D eigenvalue weighted by Gasteiger charge is 2.21. The molecule has 2 heterocycles. The van der Waals surface area contributed by atoms with E-state index >= 15 is 0 Å². The van der Waals surface area contributed by atoms with E-state index in [0.717, 1.165) is 0 Å². The number of nitrogens with zero attached hydrogens (tertiary/aromatic N) is 3. The molecule has 0 saturated heterocycles. The number of anilines is 1. The topological polar surface area (TPSA) is 82.5 Å². The van der Waals surface area contributed by atoms with Gasteiger partial charge in [0.2, 0.25) is 5.95 Å². The summed E-state index contributed by atoms with van der Waals surface area (Å²) in [5, 5.41) is 3.90. The molecule has 6 nitrogen and oxygen atoms in total. The van der Waals surface area contributed by atoms with E-state index in [1.165, 1.54) is 42.9 Å². The maximum absolute atomic E-state index is 14.3. The van der Waals surface area contributed by atoms with E-state index in [1.807, 2.05) is 0 Å². The van der Waals surface area contributed by atoms with Crippen LogP contribution in [-0.2, 0) is 4.74 Å². The van der Waals surface area contributed by atoms with Gasteiger partial charge in [0.25, 0.3) is 0 Å². The maximum Gasteiger partial charge on any atom is 0.338 e. The highest BCUT2D eigenvalue weighted by Crippen LogP contribution is 2.29. The Labute approximate surface area is 129 Å². The largest absolute Gasteiger partial charge is 0.465 e. The Morgan fingerprint density at radius 3 is 2.74 bits per heavy atom. The van der Waals surface area contributed by atoms with E-state index in [0.29, 0.717) is 11.2 Å². The molecule has 0 aliphatic heterocycles. The summed E-state index contributed by atoms with van der Waals surface area (Å²) >= 11 is 0. The molecule has 0 amide bonds. The Hall–Kier alpha value is -3.03. The standard InChI is InChI=1S/C15H12F2N4O2/c1-7-9(14(22)23-2)6-10(13(17)12(7)16)8-3-4-21-11(5-8)19-15(18)20-21/h3-6H,1-2H3,(H2,18,20). The van der Waals surface area contributed by atoms with Gasteiger partial charge >= 0.3 is 5.97 Å². The second kappa shape index (κ2) is 5.31. The number of nitrogens with two attached hydrogens (primary N) is 1. The van der Waals surface area contributed by atoms with Crippen molar-refractivity contribution in [3.05, 3.63) is 47.2 Å². The number of hydrogen-bond donors (Lipinski definition) is 1. The summed E-state index contributed by atoms with van der Waals surface area (Å²) in [6.07, 6.45) is 1.52. The molecule has 0 aliphatic rings. The van der Waals surface area contributed by atoms with Crippen molar-refractivity contribution in [2.24, 2.45) is 0 Å². The number of benzene rings is 1. The molecule has 0 saturated carbocycles. The molecule has 0 aliphatic carbocycles. The monoisotopic (exact) mass is 318 g/mol. The first-order valence-electron chi connectivity index (χ1n) is 6.61. The third-order valence-corrected chi connectivity index (χ3v) is 3.52. The number of aromatic nitrogens is 3. The molecule has 0 fully saturated rings. The zero-order valence-corrected chi connectivity index (χ0v) is 12.3. The van der Waals surface area contributed by atoms with Crippen molar-refractivity contribution in [1.82, 2.24) is 14.6 Å². The summed E-state index contributed by atoms with van der Waals surface area (Å²) in [5.41, 5.74) is 5.99. The van der Waals surface area contributed by atoms with Gasteiger partial charge in [0.05, 0.1) is 12.7 Å². The zero-order chi connectivity index (χ0) is 16.7. The third kappa shape index (κ3) is 2.37. The van der Waals surface area contributed by atoms with Crippen LogP contribution in [0.2, 0.25) is 0 Å². The van der Waals surface area contributed by atoms with Crippen LogP contribution in [-0.4, -0.2) is 27.7 Å². The van der Waals surface area contributed by atoms with Crippen LogP contribution in [0.15, 0.2) is 24.4 Å². The molecule has 0 bridgehead atoms. The summed E-state index contributed by atoms with van der Waals surface area (Å²) in [4.78, 5) is 15.7. The van der Waals surface area contributed by atoms with Crippen LogP contribution in [0.1, 0.15) is 15.9 Å². The van der Waals surface area contributed by atoms with Crippen molar-refractivity contribution < 1.29 is 18.3 Å². The van der Waals surface area contributed by atoms with Crippen molar-refractivity contribution >= 4 is 17.6 Å². The fraction of sp³-hybridized carbons (Fsp3) is 0.133. The molecule has 23 heavy (non-hydrogen) atoms. The molecule has 1 aromatic carbocycles. The zero-order valence-electron chi connectivity index (χ0n) is 12.3. The lowest BCUT2D eigenvalue weighted by molar-refractivity contribution is 0.0599. The summed E-state index contributed by atoms with van der Waals surface area (Å²) in [7, 11) is 1.17. The number of nitrogen functional groups attached to an aromatic ring is 1. The molecule has 2 aromatic heterocycles. The Bertz CT molecular complexity index is 937. The van der Waals surface area contributed by atoms with Gasteiger partial charge in [-0.3, -0.25) is 0 Å². The van der Waals surface area contributed by atoms with E-state index in [9.17, 15) is 13.6 Å². The lowest BCUT2D eigenvalue weighted by Gasteiger charge is -2.11. The molecular formula is C15H12F2N4O2. The number of methoxy groups -OCH3 is 1. The van der Waals surface area contributed by atoms with Crippen LogP contribution >= 0.6 is 0 Å². The van der Waals surface area contributed by atoms with Crippen molar-refractivity contribution in [3.8, 4) is 11.1 Å². The average molecular weight is 318 g/mol. The molecule has 0 radical (unpaired) electrons. The number of fused-ring (bicyclic) bond motifs is 1. The lowest BCUT2D eigenvalue weighted by atomic mass is 9.99. The van der Waals surface area contributed by atoms with Gasteiger partial charge in [-0.15, -0.1) is 5.10 Å². The van der Waals surface area contributed by atoms with Crippen molar-refractivity contribution in [2.45, 2.75) is 6.92 Å². The summed E-state index contributed by atoms with van der Waals surface area (Å²) < 4.78 is 34.4. The van der Waals surface area contributed by atoms with Gasteiger partial charge in [0.15, 0.2) is 17.3 Å². The number of hydrogen-bond acceptors (Lipinski definition) is 5. The van der Waals surface area contributed by atoms with Gasteiger partial charge in [-0.05, 0) is 30.7 Å². The average Bonchev–Trinajstić information content (AvgIpc) is 2.91. The fourth-order valence-corrected chi connectivity index (χ4v) is 2.32. The Morgan fingerprint density at radius 2 is 2.04 bits per heavy atom. The van der Waals surface area contributed by atoms with Crippen LogP contribution in [0, 0.1) is 18.6 Å².